The molecule has 0 spiro atoms. The van der Waals surface area contributed by atoms with E-state index in [-0.39, 0.29) is 31.0 Å². The maximum atomic E-state index is 14.9. The van der Waals surface area contributed by atoms with Crippen LogP contribution in [0.4, 0.5) is 20.6 Å². The van der Waals surface area contributed by atoms with Crippen molar-refractivity contribution in [3.8, 4) is 0 Å². The number of benzene rings is 1. The summed E-state index contributed by atoms with van der Waals surface area (Å²) in [5, 5.41) is 6.04. The smallest absolute Gasteiger partial charge is 0.414 e. The van der Waals surface area contributed by atoms with E-state index in [0.717, 1.165) is 32.4 Å². The molecule has 0 bridgehead atoms. The number of nitrogens with one attached hydrogen (secondary N) is 2. The van der Waals surface area contributed by atoms with Crippen molar-refractivity contribution in [2.75, 3.05) is 36.0 Å². The summed E-state index contributed by atoms with van der Waals surface area (Å²) in [5.74, 6) is -0.535. The van der Waals surface area contributed by atoms with Gasteiger partial charge >= 0.3 is 6.09 Å². The Hall–Kier alpha value is -2.35. The van der Waals surface area contributed by atoms with E-state index in [1.165, 1.54) is 17.9 Å². The summed E-state index contributed by atoms with van der Waals surface area (Å²) < 4.78 is 20.1. The molecule has 2 aliphatic rings. The minimum atomic E-state index is -0.527. The van der Waals surface area contributed by atoms with Crippen LogP contribution in [0.15, 0.2) is 18.2 Å². The SMILES string of the molecule is CCNC1CCCCN1c1ccc(N2C[C@H](CNC(C)=O)OC2=O)cc1F. The number of anilines is 2. The number of hydrogen-bond donors (Lipinski definition) is 2. The van der Waals surface area contributed by atoms with Crippen molar-refractivity contribution in [3.63, 3.8) is 0 Å². The quantitative estimate of drug-likeness (QED) is 0.794. The van der Waals surface area contributed by atoms with Crippen LogP contribution < -0.4 is 20.4 Å². The van der Waals surface area contributed by atoms with Gasteiger partial charge in [-0.2, -0.15) is 0 Å². The Kier molecular flexibility index (Phi) is 6.15. The molecule has 1 aromatic rings. The second kappa shape index (κ2) is 8.56. The Morgan fingerprint density at radius 3 is 2.89 bits per heavy atom. The Morgan fingerprint density at radius 1 is 1.37 bits per heavy atom. The average Bonchev–Trinajstić information content (AvgIpc) is 3.02. The van der Waals surface area contributed by atoms with Crippen molar-refractivity contribution in [1.29, 1.82) is 0 Å². The molecule has 7 nitrogen and oxygen atoms in total. The first-order valence-corrected chi connectivity index (χ1v) is 9.51. The highest BCUT2D eigenvalue weighted by molar-refractivity contribution is 5.90. The molecule has 0 aliphatic carbocycles. The number of carbonyl (C=O) groups is 2. The Bertz CT molecular complexity index is 698. The summed E-state index contributed by atoms with van der Waals surface area (Å²) in [6, 6.07) is 4.86. The van der Waals surface area contributed by atoms with Gasteiger partial charge in [0, 0.05) is 13.5 Å². The third-order valence-electron chi connectivity index (χ3n) is 4.95. The van der Waals surface area contributed by atoms with Crippen molar-refractivity contribution in [1.82, 2.24) is 10.6 Å². The second-order valence-electron chi connectivity index (χ2n) is 6.95. The molecular formula is C19H27FN4O3. The molecule has 0 radical (unpaired) electrons. The number of amides is 2. The van der Waals surface area contributed by atoms with E-state index in [4.69, 9.17) is 4.74 Å². The van der Waals surface area contributed by atoms with Crippen molar-refractivity contribution < 1.29 is 18.7 Å². The molecule has 0 aromatic heterocycles. The first-order chi connectivity index (χ1) is 13.0. The summed E-state index contributed by atoms with van der Waals surface area (Å²) >= 11 is 0. The number of nitrogens with zero attached hydrogens (tertiary/aromatic N) is 2. The second-order valence-corrected chi connectivity index (χ2v) is 6.95. The molecule has 0 saturated carbocycles. The van der Waals surface area contributed by atoms with Crippen LogP contribution >= 0.6 is 0 Å². The molecule has 8 heteroatoms. The lowest BCUT2D eigenvalue weighted by Crippen LogP contribution is -2.49. The van der Waals surface area contributed by atoms with Crippen molar-refractivity contribution >= 4 is 23.4 Å². The minimum Gasteiger partial charge on any atom is -0.442 e. The summed E-state index contributed by atoms with van der Waals surface area (Å²) in [5.41, 5.74) is 1.01. The maximum Gasteiger partial charge on any atom is 0.414 e. The lowest BCUT2D eigenvalue weighted by Gasteiger charge is -2.38. The van der Waals surface area contributed by atoms with Crippen LogP contribution in [0.5, 0.6) is 0 Å². The van der Waals surface area contributed by atoms with Gasteiger partial charge in [0.2, 0.25) is 5.91 Å². The minimum absolute atomic E-state index is 0.128. The molecule has 2 saturated heterocycles. The fraction of sp³-hybridized carbons (Fsp3) is 0.579. The molecule has 2 heterocycles. The third-order valence-corrected chi connectivity index (χ3v) is 4.95. The predicted molar refractivity (Wildman–Crippen MR) is 101 cm³/mol. The fourth-order valence-corrected chi connectivity index (χ4v) is 3.66. The summed E-state index contributed by atoms with van der Waals surface area (Å²) in [6.07, 6.45) is 2.31. The molecule has 2 fully saturated rings. The Balaban J connectivity index is 1.72. The molecule has 1 aromatic carbocycles. The number of cyclic esters (lactones) is 1. The third kappa shape index (κ3) is 4.50. The van der Waals surface area contributed by atoms with E-state index < -0.39 is 12.2 Å². The molecule has 2 N–H and O–H groups in total. The molecule has 1 unspecified atom stereocenters. The summed E-state index contributed by atoms with van der Waals surface area (Å²) in [7, 11) is 0. The van der Waals surface area contributed by atoms with Gasteiger partial charge in [-0.25, -0.2) is 9.18 Å². The number of carbonyl (C=O) groups excluding carboxylic acids is 2. The zero-order valence-corrected chi connectivity index (χ0v) is 15.8. The predicted octanol–water partition coefficient (Wildman–Crippen LogP) is 2.21. The van der Waals surface area contributed by atoms with Gasteiger partial charge in [0.05, 0.1) is 30.6 Å². The first-order valence-electron chi connectivity index (χ1n) is 9.51. The molecular weight excluding hydrogens is 351 g/mol. The van der Waals surface area contributed by atoms with Gasteiger partial charge in [0.15, 0.2) is 0 Å². The molecule has 2 amide bonds. The van der Waals surface area contributed by atoms with Crippen LogP contribution in [-0.4, -0.2) is 50.4 Å². The van der Waals surface area contributed by atoms with E-state index in [1.54, 1.807) is 12.1 Å². The van der Waals surface area contributed by atoms with Crippen molar-refractivity contribution in [2.45, 2.75) is 45.4 Å². The first kappa shape index (κ1) is 19.4. The number of piperidine rings is 1. The monoisotopic (exact) mass is 378 g/mol. The van der Waals surface area contributed by atoms with Gasteiger partial charge in [-0.05, 0) is 44.0 Å². The van der Waals surface area contributed by atoms with Crippen LogP contribution in [0.1, 0.15) is 33.1 Å². The highest BCUT2D eigenvalue weighted by atomic mass is 19.1. The van der Waals surface area contributed by atoms with Crippen LogP contribution in [0.25, 0.3) is 0 Å². The van der Waals surface area contributed by atoms with Gasteiger partial charge in [-0.1, -0.05) is 6.92 Å². The topological polar surface area (TPSA) is 73.9 Å². The zero-order valence-electron chi connectivity index (χ0n) is 15.8. The summed E-state index contributed by atoms with van der Waals surface area (Å²) in [4.78, 5) is 26.6. The van der Waals surface area contributed by atoms with Crippen molar-refractivity contribution in [2.24, 2.45) is 0 Å². The van der Waals surface area contributed by atoms with Gasteiger partial charge in [-0.15, -0.1) is 0 Å². The number of hydrogen-bond acceptors (Lipinski definition) is 5. The van der Waals surface area contributed by atoms with Crippen LogP contribution in [0.2, 0.25) is 0 Å². The van der Waals surface area contributed by atoms with E-state index >= 15 is 0 Å². The average molecular weight is 378 g/mol. The number of halogens is 1. The van der Waals surface area contributed by atoms with Crippen molar-refractivity contribution in [3.05, 3.63) is 24.0 Å². The van der Waals surface area contributed by atoms with Crippen LogP contribution in [0, 0.1) is 5.82 Å². The van der Waals surface area contributed by atoms with E-state index in [1.807, 2.05) is 6.92 Å². The van der Waals surface area contributed by atoms with E-state index in [2.05, 4.69) is 15.5 Å². The molecule has 3 rings (SSSR count). The Labute approximate surface area is 158 Å². The lowest BCUT2D eigenvalue weighted by molar-refractivity contribution is -0.119. The molecule has 27 heavy (non-hydrogen) atoms. The Morgan fingerprint density at radius 2 is 2.19 bits per heavy atom. The van der Waals surface area contributed by atoms with E-state index in [0.29, 0.717) is 11.4 Å². The largest absolute Gasteiger partial charge is 0.442 e. The maximum absolute atomic E-state index is 14.9. The van der Waals surface area contributed by atoms with Crippen LogP contribution in [0.3, 0.4) is 0 Å². The summed E-state index contributed by atoms with van der Waals surface area (Å²) in [6.45, 7) is 5.61. The molecule has 148 valence electrons. The van der Waals surface area contributed by atoms with Gasteiger partial charge in [-0.3, -0.25) is 15.0 Å². The normalized spacial score (nSPS) is 22.7. The van der Waals surface area contributed by atoms with Gasteiger partial charge < -0.3 is 15.0 Å². The van der Waals surface area contributed by atoms with Gasteiger partial charge in [0.25, 0.3) is 0 Å². The highest BCUT2D eigenvalue weighted by Crippen LogP contribution is 2.31. The number of ether oxygens (including phenoxy) is 1. The fourth-order valence-electron chi connectivity index (χ4n) is 3.66. The van der Waals surface area contributed by atoms with E-state index in [9.17, 15) is 14.0 Å². The lowest BCUT2D eigenvalue weighted by atomic mass is 10.1. The standard InChI is InChI=1S/C19H27FN4O3/c1-3-21-18-6-4-5-9-23(18)17-8-7-14(10-16(17)20)24-12-15(27-19(24)26)11-22-13(2)25/h7-8,10,15,18,21H,3-6,9,11-12H2,1-2H3,(H,22,25)/t15-,18?/m0/s1. The number of rotatable bonds is 6. The van der Waals surface area contributed by atoms with Crippen LogP contribution in [-0.2, 0) is 9.53 Å². The molecule has 2 atom stereocenters. The zero-order chi connectivity index (χ0) is 19.4. The van der Waals surface area contributed by atoms with Gasteiger partial charge in [0.1, 0.15) is 11.9 Å². The highest BCUT2D eigenvalue weighted by Gasteiger charge is 2.33. The molecule has 2 aliphatic heterocycles.